The monoisotopic (exact) mass is 401 g/mol. The van der Waals surface area contributed by atoms with Gasteiger partial charge in [-0.1, -0.05) is 11.6 Å². The summed E-state index contributed by atoms with van der Waals surface area (Å²) in [4.78, 5) is 29.6. The minimum Gasteiger partial charge on any atom is -0.506 e. The predicted octanol–water partition coefficient (Wildman–Crippen LogP) is 2.58. The summed E-state index contributed by atoms with van der Waals surface area (Å²) < 4.78 is 12.3. The maximum Gasteiger partial charge on any atom is 0.267 e. The highest BCUT2D eigenvalue weighted by atomic mass is 35.5. The number of benzene rings is 1. The Kier molecular flexibility index (Phi) is 4.35. The van der Waals surface area contributed by atoms with Crippen molar-refractivity contribution in [3.63, 3.8) is 0 Å². The van der Waals surface area contributed by atoms with Crippen molar-refractivity contribution in [2.24, 2.45) is 0 Å². The lowest BCUT2D eigenvalue weighted by Crippen LogP contribution is -2.28. The molecule has 0 aliphatic carbocycles. The van der Waals surface area contributed by atoms with Crippen LogP contribution in [0.3, 0.4) is 0 Å². The van der Waals surface area contributed by atoms with Crippen molar-refractivity contribution in [2.75, 3.05) is 19.5 Å². The number of hydrogen-bond acceptors (Lipinski definition) is 6. The molecule has 1 aliphatic rings. The van der Waals surface area contributed by atoms with E-state index in [-0.39, 0.29) is 11.4 Å². The molecule has 9 heteroatoms. The van der Waals surface area contributed by atoms with Gasteiger partial charge in [-0.15, -0.1) is 0 Å². The molecule has 3 aromatic rings. The standard InChI is InChI=1S/C19H16ClN3O5/c1-27-12-7-11-15-10(17(12)28-2)5-6-23(15)19(26)14(16(11)24)18(25)22-13-4-3-9(20)8-21-13/h3-4,7-8,24H,5-6H2,1-2H3,(H,21,22,25). The molecule has 0 atom stereocenters. The van der Waals surface area contributed by atoms with Crippen LogP contribution in [-0.4, -0.2) is 34.8 Å². The number of rotatable bonds is 4. The van der Waals surface area contributed by atoms with Crippen molar-refractivity contribution in [1.29, 1.82) is 0 Å². The second kappa shape index (κ2) is 6.72. The highest BCUT2D eigenvalue weighted by Crippen LogP contribution is 2.43. The Bertz CT molecular complexity index is 1170. The van der Waals surface area contributed by atoms with E-state index in [1.54, 1.807) is 12.1 Å². The Hall–Kier alpha value is -3.26. The quantitative estimate of drug-likeness (QED) is 0.696. The third kappa shape index (κ3) is 2.65. The van der Waals surface area contributed by atoms with Gasteiger partial charge < -0.3 is 24.5 Å². The number of ether oxygens (including phenoxy) is 2. The highest BCUT2D eigenvalue weighted by molar-refractivity contribution is 6.30. The SMILES string of the molecule is COc1cc2c(O)c(C(=O)Nc3ccc(Cl)cn3)c(=O)n3c2c(c1OC)CC3. The van der Waals surface area contributed by atoms with Crippen molar-refractivity contribution in [3.05, 3.63) is 50.9 Å². The molecule has 0 bridgehead atoms. The fourth-order valence-electron chi connectivity index (χ4n) is 3.52. The van der Waals surface area contributed by atoms with Crippen molar-refractivity contribution < 1.29 is 19.4 Å². The molecule has 0 spiro atoms. The number of aromatic hydroxyl groups is 1. The van der Waals surface area contributed by atoms with Crippen LogP contribution in [0.1, 0.15) is 15.9 Å². The molecule has 144 valence electrons. The van der Waals surface area contributed by atoms with Gasteiger partial charge in [0.1, 0.15) is 17.1 Å². The van der Waals surface area contributed by atoms with E-state index in [4.69, 9.17) is 21.1 Å². The molecule has 0 unspecified atom stereocenters. The first-order chi connectivity index (χ1) is 13.5. The first-order valence-corrected chi connectivity index (χ1v) is 8.80. The fourth-order valence-corrected chi connectivity index (χ4v) is 3.63. The normalized spacial score (nSPS) is 12.2. The molecule has 1 aromatic carbocycles. The molecule has 1 aliphatic heterocycles. The van der Waals surface area contributed by atoms with E-state index in [9.17, 15) is 14.7 Å². The molecule has 8 nitrogen and oxygen atoms in total. The van der Waals surface area contributed by atoms with Gasteiger partial charge in [0, 0.05) is 23.7 Å². The number of nitrogens with zero attached hydrogens (tertiary/aromatic N) is 2. The molecule has 0 radical (unpaired) electrons. The number of anilines is 1. The highest BCUT2D eigenvalue weighted by Gasteiger charge is 2.30. The molecule has 2 aromatic heterocycles. The Balaban J connectivity index is 1.90. The third-order valence-corrected chi connectivity index (χ3v) is 4.96. The van der Waals surface area contributed by atoms with Gasteiger partial charge in [0.25, 0.3) is 11.5 Å². The van der Waals surface area contributed by atoms with Crippen LogP contribution >= 0.6 is 11.6 Å². The summed E-state index contributed by atoms with van der Waals surface area (Å²) in [7, 11) is 3.00. The van der Waals surface area contributed by atoms with Crippen LogP contribution in [0.15, 0.2) is 29.2 Å². The van der Waals surface area contributed by atoms with Crippen LogP contribution in [0, 0.1) is 0 Å². The number of amides is 1. The lowest BCUT2D eigenvalue weighted by atomic mass is 10.0. The maximum atomic E-state index is 12.9. The van der Waals surface area contributed by atoms with E-state index in [0.29, 0.717) is 40.4 Å². The lowest BCUT2D eigenvalue weighted by molar-refractivity contribution is 0.102. The van der Waals surface area contributed by atoms with Crippen molar-refractivity contribution in [3.8, 4) is 17.2 Å². The summed E-state index contributed by atoms with van der Waals surface area (Å²) in [6.07, 6.45) is 1.89. The van der Waals surface area contributed by atoms with Crippen molar-refractivity contribution in [1.82, 2.24) is 9.55 Å². The maximum absolute atomic E-state index is 12.9. The van der Waals surface area contributed by atoms with Crippen molar-refractivity contribution in [2.45, 2.75) is 13.0 Å². The second-order valence-corrected chi connectivity index (χ2v) is 6.67. The number of halogens is 1. The van der Waals surface area contributed by atoms with E-state index in [0.717, 1.165) is 5.56 Å². The first-order valence-electron chi connectivity index (χ1n) is 8.42. The lowest BCUT2D eigenvalue weighted by Gasteiger charge is -2.15. The number of carbonyl (C=O) groups excluding carboxylic acids is 1. The Morgan fingerprint density at radius 2 is 2.11 bits per heavy atom. The van der Waals surface area contributed by atoms with Gasteiger partial charge in [0.05, 0.1) is 24.8 Å². The topological polar surface area (TPSA) is 103 Å². The van der Waals surface area contributed by atoms with Gasteiger partial charge in [-0.25, -0.2) is 4.98 Å². The van der Waals surface area contributed by atoms with Crippen LogP contribution in [0.2, 0.25) is 5.02 Å². The number of nitrogens with one attached hydrogen (secondary N) is 1. The summed E-state index contributed by atoms with van der Waals surface area (Å²) >= 11 is 5.79. The Morgan fingerprint density at radius 1 is 1.32 bits per heavy atom. The summed E-state index contributed by atoms with van der Waals surface area (Å²) in [6, 6.07) is 4.62. The van der Waals surface area contributed by atoms with Crippen LogP contribution in [0.4, 0.5) is 5.82 Å². The van der Waals surface area contributed by atoms with Crippen LogP contribution in [0.5, 0.6) is 17.2 Å². The number of hydrogen-bond donors (Lipinski definition) is 2. The summed E-state index contributed by atoms with van der Waals surface area (Å²) in [5.74, 6) is -0.0264. The van der Waals surface area contributed by atoms with E-state index in [2.05, 4.69) is 10.3 Å². The first kappa shape index (κ1) is 18.1. The molecule has 1 amide bonds. The van der Waals surface area contributed by atoms with Crippen LogP contribution < -0.4 is 20.3 Å². The van der Waals surface area contributed by atoms with Crippen LogP contribution in [0.25, 0.3) is 10.9 Å². The predicted molar refractivity (Wildman–Crippen MR) is 104 cm³/mol. The van der Waals surface area contributed by atoms with Gasteiger partial charge in [-0.2, -0.15) is 0 Å². The molecule has 2 N–H and O–H groups in total. The number of aromatic nitrogens is 2. The smallest absolute Gasteiger partial charge is 0.267 e. The van der Waals surface area contributed by atoms with Gasteiger partial charge in [0.15, 0.2) is 11.5 Å². The number of aryl methyl sites for hydroxylation is 2. The molecule has 4 rings (SSSR count). The minimum absolute atomic E-state index is 0.211. The van der Waals surface area contributed by atoms with E-state index >= 15 is 0 Å². The number of carbonyl (C=O) groups is 1. The second-order valence-electron chi connectivity index (χ2n) is 6.23. The van der Waals surface area contributed by atoms with E-state index < -0.39 is 17.2 Å². The summed E-state index contributed by atoms with van der Waals surface area (Å²) in [6.45, 7) is 0.369. The fraction of sp³-hybridized carbons (Fsp3) is 0.211. The largest absolute Gasteiger partial charge is 0.506 e. The van der Waals surface area contributed by atoms with E-state index in [1.165, 1.54) is 31.0 Å². The molecule has 0 saturated carbocycles. The number of methoxy groups -OCH3 is 2. The van der Waals surface area contributed by atoms with Gasteiger partial charge in [-0.05, 0) is 24.6 Å². The zero-order valence-corrected chi connectivity index (χ0v) is 15.8. The zero-order valence-electron chi connectivity index (χ0n) is 15.1. The minimum atomic E-state index is -0.758. The average Bonchev–Trinajstić information content (AvgIpc) is 3.13. The molecule has 0 fully saturated rings. The number of pyridine rings is 2. The molecule has 3 heterocycles. The average molecular weight is 402 g/mol. The molecular formula is C19H16ClN3O5. The Labute approximate surface area is 164 Å². The zero-order chi connectivity index (χ0) is 20.0. The van der Waals surface area contributed by atoms with Gasteiger partial charge >= 0.3 is 0 Å². The Morgan fingerprint density at radius 3 is 2.75 bits per heavy atom. The third-order valence-electron chi connectivity index (χ3n) is 4.74. The molecule has 0 saturated heterocycles. The molecular weight excluding hydrogens is 386 g/mol. The van der Waals surface area contributed by atoms with Gasteiger partial charge in [-0.3, -0.25) is 9.59 Å². The van der Waals surface area contributed by atoms with Crippen LogP contribution in [-0.2, 0) is 13.0 Å². The van der Waals surface area contributed by atoms with Gasteiger partial charge in [0.2, 0.25) is 0 Å². The summed E-state index contributed by atoms with van der Waals surface area (Å²) in [5.41, 5.74) is 0.364. The van der Waals surface area contributed by atoms with E-state index in [1.807, 2.05) is 0 Å². The summed E-state index contributed by atoms with van der Waals surface area (Å²) in [5, 5.41) is 14.0. The van der Waals surface area contributed by atoms with Crippen molar-refractivity contribution >= 4 is 34.2 Å². The molecule has 28 heavy (non-hydrogen) atoms.